The molecule has 0 aliphatic carbocycles. The highest BCUT2D eigenvalue weighted by Gasteiger charge is 2.33. The predicted octanol–water partition coefficient (Wildman–Crippen LogP) is 2.60. The average Bonchev–Trinajstić information content (AvgIpc) is 2.13. The van der Waals surface area contributed by atoms with Gasteiger partial charge in [-0.1, -0.05) is 11.6 Å². The van der Waals surface area contributed by atoms with Crippen LogP contribution in [0.2, 0.25) is 5.15 Å². The third kappa shape index (κ3) is 2.36. The highest BCUT2D eigenvalue weighted by molar-refractivity contribution is 6.32. The van der Waals surface area contributed by atoms with Gasteiger partial charge in [0.05, 0.1) is 11.1 Å². The number of nitrogens with zero attached hydrogens (tertiary/aromatic N) is 2. The van der Waals surface area contributed by atoms with Crippen LogP contribution in [-0.2, 0) is 6.18 Å². The van der Waals surface area contributed by atoms with Gasteiger partial charge in [0.25, 0.3) is 5.91 Å². The van der Waals surface area contributed by atoms with Crippen LogP contribution in [0.3, 0.4) is 0 Å². The molecular formula is C10H8ClF3N2O. The largest absolute Gasteiger partial charge is 0.417 e. The van der Waals surface area contributed by atoms with Gasteiger partial charge in [-0.15, -0.1) is 0 Å². The number of amides is 1. The first kappa shape index (κ1) is 12.2. The van der Waals surface area contributed by atoms with E-state index in [1.165, 1.54) is 4.90 Å². The third-order valence-electron chi connectivity index (χ3n) is 2.54. The van der Waals surface area contributed by atoms with E-state index in [4.69, 9.17) is 11.6 Å². The number of alkyl halides is 3. The molecule has 0 aromatic carbocycles. The summed E-state index contributed by atoms with van der Waals surface area (Å²) >= 11 is 5.64. The number of likely N-dealkylation sites (tertiary alicyclic amines) is 1. The van der Waals surface area contributed by atoms with Crippen LogP contribution >= 0.6 is 11.6 Å². The van der Waals surface area contributed by atoms with Gasteiger partial charge in [0.15, 0.2) is 0 Å². The molecule has 2 rings (SSSR count). The summed E-state index contributed by atoms with van der Waals surface area (Å²) in [5.41, 5.74) is -1.16. The zero-order valence-electron chi connectivity index (χ0n) is 8.59. The predicted molar refractivity (Wildman–Crippen MR) is 54.8 cm³/mol. The Morgan fingerprint density at radius 3 is 2.53 bits per heavy atom. The number of pyridine rings is 1. The number of rotatable bonds is 1. The van der Waals surface area contributed by atoms with E-state index in [-0.39, 0.29) is 10.7 Å². The van der Waals surface area contributed by atoms with Gasteiger partial charge in [0.2, 0.25) is 0 Å². The molecule has 0 N–H and O–H groups in total. The van der Waals surface area contributed by atoms with Crippen LogP contribution in [0.5, 0.6) is 0 Å². The zero-order valence-corrected chi connectivity index (χ0v) is 9.35. The smallest absolute Gasteiger partial charge is 0.338 e. The Labute approximate surface area is 100 Å². The van der Waals surface area contributed by atoms with E-state index in [0.717, 1.165) is 12.5 Å². The molecule has 7 heteroatoms. The average molecular weight is 265 g/mol. The van der Waals surface area contributed by atoms with Crippen molar-refractivity contribution in [2.75, 3.05) is 13.1 Å². The molecule has 0 atom stereocenters. The summed E-state index contributed by atoms with van der Waals surface area (Å²) in [5, 5.41) is -0.199. The van der Waals surface area contributed by atoms with Crippen LogP contribution in [0.25, 0.3) is 0 Å². The molecule has 0 bridgehead atoms. The lowest BCUT2D eigenvalue weighted by molar-refractivity contribution is -0.137. The minimum Gasteiger partial charge on any atom is -0.338 e. The molecule has 1 saturated heterocycles. The number of halogens is 4. The lowest BCUT2D eigenvalue weighted by atomic mass is 10.1. The lowest BCUT2D eigenvalue weighted by Crippen LogP contribution is -2.42. The quantitative estimate of drug-likeness (QED) is 0.731. The maximum absolute atomic E-state index is 12.5. The van der Waals surface area contributed by atoms with Crippen LogP contribution in [0.15, 0.2) is 12.3 Å². The second kappa shape index (κ2) is 4.18. The van der Waals surface area contributed by atoms with Gasteiger partial charge in [-0.2, -0.15) is 13.2 Å². The van der Waals surface area contributed by atoms with Crippen LogP contribution < -0.4 is 0 Å². The summed E-state index contributed by atoms with van der Waals surface area (Å²) in [7, 11) is 0. The Bertz CT molecular complexity index is 457. The summed E-state index contributed by atoms with van der Waals surface area (Å²) in [6.07, 6.45) is -3.05. The minimum absolute atomic E-state index is 0.193. The Hall–Kier alpha value is -1.30. The molecule has 0 spiro atoms. The topological polar surface area (TPSA) is 33.2 Å². The third-order valence-corrected chi connectivity index (χ3v) is 2.84. The van der Waals surface area contributed by atoms with Crippen molar-refractivity contribution in [3.63, 3.8) is 0 Å². The van der Waals surface area contributed by atoms with Crippen molar-refractivity contribution in [1.29, 1.82) is 0 Å². The van der Waals surface area contributed by atoms with Gasteiger partial charge in [0, 0.05) is 19.3 Å². The van der Waals surface area contributed by atoms with E-state index < -0.39 is 17.6 Å². The maximum Gasteiger partial charge on any atom is 0.417 e. The Balaban J connectivity index is 2.35. The molecule has 0 unspecified atom stereocenters. The fourth-order valence-electron chi connectivity index (χ4n) is 1.44. The number of carbonyl (C=O) groups is 1. The van der Waals surface area contributed by atoms with Crippen molar-refractivity contribution in [3.8, 4) is 0 Å². The maximum atomic E-state index is 12.5. The molecule has 1 amide bonds. The fourth-order valence-corrected chi connectivity index (χ4v) is 1.63. The van der Waals surface area contributed by atoms with Crippen molar-refractivity contribution in [1.82, 2.24) is 9.88 Å². The molecule has 1 aromatic heterocycles. The molecule has 0 saturated carbocycles. The standard InChI is InChI=1S/C10H8ClF3N2O/c11-8-7(9(17)16-2-1-3-16)4-6(5-15-8)10(12,13)14/h4-5H,1-3H2. The van der Waals surface area contributed by atoms with Gasteiger partial charge < -0.3 is 4.90 Å². The summed E-state index contributed by atoms with van der Waals surface area (Å²) in [6.45, 7) is 1.09. The molecule has 92 valence electrons. The van der Waals surface area contributed by atoms with E-state index >= 15 is 0 Å². The molecule has 0 radical (unpaired) electrons. The number of carbonyl (C=O) groups excluding carboxylic acids is 1. The molecule has 3 nitrogen and oxygen atoms in total. The van der Waals surface area contributed by atoms with Crippen molar-refractivity contribution < 1.29 is 18.0 Å². The van der Waals surface area contributed by atoms with Crippen molar-refractivity contribution >= 4 is 17.5 Å². The molecule has 17 heavy (non-hydrogen) atoms. The second-order valence-electron chi connectivity index (χ2n) is 3.71. The van der Waals surface area contributed by atoms with Crippen LogP contribution in [0.1, 0.15) is 22.3 Å². The molecule has 1 fully saturated rings. The van der Waals surface area contributed by atoms with E-state index in [0.29, 0.717) is 19.3 Å². The number of hydrogen-bond donors (Lipinski definition) is 0. The fraction of sp³-hybridized carbons (Fsp3) is 0.400. The molecule has 1 aliphatic heterocycles. The highest BCUT2D eigenvalue weighted by atomic mass is 35.5. The van der Waals surface area contributed by atoms with E-state index in [2.05, 4.69) is 4.98 Å². The summed E-state index contributed by atoms with van der Waals surface area (Å²) in [4.78, 5) is 16.6. The number of hydrogen-bond acceptors (Lipinski definition) is 2. The summed E-state index contributed by atoms with van der Waals surface area (Å²) < 4.78 is 37.4. The first-order valence-corrected chi connectivity index (χ1v) is 5.29. The molecule has 1 aromatic rings. The first-order valence-electron chi connectivity index (χ1n) is 4.91. The van der Waals surface area contributed by atoms with Crippen LogP contribution in [0, 0.1) is 0 Å². The highest BCUT2D eigenvalue weighted by Crippen LogP contribution is 2.31. The number of aromatic nitrogens is 1. The Morgan fingerprint density at radius 1 is 1.41 bits per heavy atom. The minimum atomic E-state index is -4.53. The molecule has 1 aliphatic rings. The van der Waals surface area contributed by atoms with Gasteiger partial charge in [-0.05, 0) is 12.5 Å². The first-order chi connectivity index (χ1) is 7.89. The van der Waals surface area contributed by atoms with E-state index in [1.54, 1.807) is 0 Å². The van der Waals surface area contributed by atoms with Crippen LogP contribution in [-0.4, -0.2) is 28.9 Å². The summed E-state index contributed by atoms with van der Waals surface area (Å²) in [5.74, 6) is -0.500. The Kier molecular flexibility index (Phi) is 2.99. The van der Waals surface area contributed by atoms with E-state index in [1.807, 2.05) is 0 Å². The van der Waals surface area contributed by atoms with Gasteiger partial charge in [0.1, 0.15) is 5.15 Å². The van der Waals surface area contributed by atoms with Crippen molar-refractivity contribution in [3.05, 3.63) is 28.5 Å². The lowest BCUT2D eigenvalue weighted by Gasteiger charge is -2.31. The second-order valence-corrected chi connectivity index (χ2v) is 4.06. The Morgan fingerprint density at radius 2 is 2.06 bits per heavy atom. The molecular weight excluding hydrogens is 257 g/mol. The normalized spacial score (nSPS) is 15.6. The van der Waals surface area contributed by atoms with Gasteiger partial charge in [-0.3, -0.25) is 4.79 Å². The van der Waals surface area contributed by atoms with Gasteiger partial charge >= 0.3 is 6.18 Å². The summed E-state index contributed by atoms with van der Waals surface area (Å²) in [6, 6.07) is 0.746. The SMILES string of the molecule is O=C(c1cc(C(F)(F)F)cnc1Cl)N1CCC1. The van der Waals surface area contributed by atoms with Gasteiger partial charge in [-0.25, -0.2) is 4.98 Å². The molecule has 2 heterocycles. The van der Waals surface area contributed by atoms with Crippen molar-refractivity contribution in [2.45, 2.75) is 12.6 Å². The monoisotopic (exact) mass is 264 g/mol. The zero-order chi connectivity index (χ0) is 12.6. The van der Waals surface area contributed by atoms with Crippen LogP contribution in [0.4, 0.5) is 13.2 Å². The van der Waals surface area contributed by atoms with E-state index in [9.17, 15) is 18.0 Å². The van der Waals surface area contributed by atoms with Crippen molar-refractivity contribution in [2.24, 2.45) is 0 Å².